The zero-order valence-electron chi connectivity index (χ0n) is 14.1. The molecule has 0 spiro atoms. The molecule has 0 heterocycles. The molecule has 5 heteroatoms. The van der Waals surface area contributed by atoms with Gasteiger partial charge in [0.2, 0.25) is 0 Å². The molecule has 2 aromatic carbocycles. The lowest BCUT2D eigenvalue weighted by molar-refractivity contribution is -0.139. The van der Waals surface area contributed by atoms with Crippen molar-refractivity contribution >= 4 is 0 Å². The highest BCUT2D eigenvalue weighted by atomic mass is 19.4. The van der Waals surface area contributed by atoms with Crippen molar-refractivity contribution in [1.82, 2.24) is 5.32 Å². The van der Waals surface area contributed by atoms with Gasteiger partial charge >= 0.3 is 6.18 Å². The van der Waals surface area contributed by atoms with Crippen LogP contribution in [0.1, 0.15) is 37.5 Å². The molecule has 0 aromatic heterocycles. The first-order valence-corrected chi connectivity index (χ1v) is 7.77. The molecule has 2 aromatic rings. The molecule has 0 aliphatic carbocycles. The fourth-order valence-electron chi connectivity index (χ4n) is 2.14. The van der Waals surface area contributed by atoms with E-state index >= 15 is 0 Å². The van der Waals surface area contributed by atoms with E-state index in [1.807, 2.05) is 51.1 Å². The smallest absolute Gasteiger partial charge is 0.419 e. The van der Waals surface area contributed by atoms with E-state index in [-0.39, 0.29) is 17.9 Å². The van der Waals surface area contributed by atoms with Crippen molar-refractivity contribution < 1.29 is 17.9 Å². The Labute approximate surface area is 140 Å². The van der Waals surface area contributed by atoms with Gasteiger partial charge in [-0.15, -0.1) is 0 Å². The summed E-state index contributed by atoms with van der Waals surface area (Å²) in [6.07, 6.45) is -4.45. The van der Waals surface area contributed by atoms with Crippen LogP contribution in [0.5, 0.6) is 5.75 Å². The van der Waals surface area contributed by atoms with E-state index in [2.05, 4.69) is 5.32 Å². The maximum atomic E-state index is 13.3. The molecule has 0 atom stereocenters. The van der Waals surface area contributed by atoms with Crippen LogP contribution < -0.4 is 10.1 Å². The van der Waals surface area contributed by atoms with Crippen molar-refractivity contribution in [2.24, 2.45) is 0 Å². The minimum absolute atomic E-state index is 0.101. The topological polar surface area (TPSA) is 21.3 Å². The number of benzene rings is 2. The Morgan fingerprint density at radius 2 is 1.58 bits per heavy atom. The molecule has 1 N–H and O–H groups in total. The molecule has 0 amide bonds. The van der Waals surface area contributed by atoms with Crippen LogP contribution in [0, 0.1) is 0 Å². The predicted molar refractivity (Wildman–Crippen MR) is 88.8 cm³/mol. The van der Waals surface area contributed by atoms with Crippen LogP contribution in [0.4, 0.5) is 13.2 Å². The fraction of sp³-hybridized carbons (Fsp3) is 0.368. The summed E-state index contributed by atoms with van der Waals surface area (Å²) in [6, 6.07) is 13.3. The standard InChI is InChI=1S/C19H22F3NO/c1-18(2,3)23-12-15-9-10-17(16(11-15)19(20,21)22)24-13-14-7-5-4-6-8-14/h4-11,23H,12-13H2,1-3H3. The van der Waals surface area contributed by atoms with Gasteiger partial charge in [-0.1, -0.05) is 36.4 Å². The van der Waals surface area contributed by atoms with Crippen molar-refractivity contribution in [3.63, 3.8) is 0 Å². The minimum atomic E-state index is -4.45. The predicted octanol–water partition coefficient (Wildman–Crippen LogP) is 5.17. The summed E-state index contributed by atoms with van der Waals surface area (Å²) in [5.74, 6) is -0.147. The average Bonchev–Trinajstić information content (AvgIpc) is 2.50. The van der Waals surface area contributed by atoms with Crippen molar-refractivity contribution in [3.05, 3.63) is 65.2 Å². The first-order chi connectivity index (χ1) is 11.1. The SMILES string of the molecule is CC(C)(C)NCc1ccc(OCc2ccccc2)c(C(F)(F)F)c1. The number of alkyl halides is 3. The summed E-state index contributed by atoms with van der Waals surface area (Å²) in [5.41, 5.74) is 0.487. The quantitative estimate of drug-likeness (QED) is 0.812. The summed E-state index contributed by atoms with van der Waals surface area (Å²) < 4.78 is 45.4. The van der Waals surface area contributed by atoms with Crippen LogP contribution in [-0.4, -0.2) is 5.54 Å². The first-order valence-electron chi connectivity index (χ1n) is 7.77. The normalized spacial score (nSPS) is 12.2. The Balaban J connectivity index is 2.18. The number of ether oxygens (including phenoxy) is 1. The van der Waals surface area contributed by atoms with E-state index in [1.54, 1.807) is 6.07 Å². The molecule has 0 aliphatic rings. The van der Waals surface area contributed by atoms with Gasteiger partial charge < -0.3 is 10.1 Å². The van der Waals surface area contributed by atoms with E-state index in [0.29, 0.717) is 12.1 Å². The molecule has 0 saturated carbocycles. The van der Waals surface area contributed by atoms with Gasteiger partial charge in [-0.05, 0) is 44.0 Å². The molecule has 2 nitrogen and oxygen atoms in total. The fourth-order valence-corrected chi connectivity index (χ4v) is 2.14. The zero-order valence-corrected chi connectivity index (χ0v) is 14.1. The second kappa shape index (κ2) is 7.26. The lowest BCUT2D eigenvalue weighted by Crippen LogP contribution is -2.35. The number of hydrogen-bond donors (Lipinski definition) is 1. The molecule has 24 heavy (non-hydrogen) atoms. The van der Waals surface area contributed by atoms with Gasteiger partial charge in [-0.2, -0.15) is 13.2 Å². The van der Waals surface area contributed by atoms with E-state index in [1.165, 1.54) is 6.07 Å². The van der Waals surface area contributed by atoms with Crippen molar-refractivity contribution in [2.45, 2.75) is 45.6 Å². The van der Waals surface area contributed by atoms with E-state index in [4.69, 9.17) is 4.74 Å². The third kappa shape index (κ3) is 5.57. The molecule has 130 valence electrons. The van der Waals surface area contributed by atoms with Gasteiger partial charge in [0.25, 0.3) is 0 Å². The van der Waals surface area contributed by atoms with Gasteiger partial charge in [0.1, 0.15) is 12.4 Å². The lowest BCUT2D eigenvalue weighted by atomic mass is 10.1. The van der Waals surface area contributed by atoms with E-state index in [9.17, 15) is 13.2 Å². The van der Waals surface area contributed by atoms with Crippen LogP contribution in [-0.2, 0) is 19.3 Å². The molecule has 0 radical (unpaired) electrons. The maximum Gasteiger partial charge on any atom is 0.419 e. The molecule has 0 aliphatic heterocycles. The van der Waals surface area contributed by atoms with Gasteiger partial charge in [0.05, 0.1) is 5.56 Å². The second-order valence-electron chi connectivity index (χ2n) is 6.71. The Kier molecular flexibility index (Phi) is 5.54. The Hall–Kier alpha value is -2.01. The highest BCUT2D eigenvalue weighted by Crippen LogP contribution is 2.37. The van der Waals surface area contributed by atoms with Crippen molar-refractivity contribution in [3.8, 4) is 5.75 Å². The largest absolute Gasteiger partial charge is 0.488 e. The Bertz CT molecular complexity index is 661. The van der Waals surface area contributed by atoms with Crippen LogP contribution >= 0.6 is 0 Å². The monoisotopic (exact) mass is 337 g/mol. The van der Waals surface area contributed by atoms with Crippen LogP contribution in [0.15, 0.2) is 48.5 Å². The summed E-state index contributed by atoms with van der Waals surface area (Å²) >= 11 is 0. The molecule has 0 fully saturated rings. The third-order valence-electron chi connectivity index (χ3n) is 3.41. The van der Waals surface area contributed by atoms with Gasteiger partial charge in [-0.3, -0.25) is 0 Å². The van der Waals surface area contributed by atoms with Crippen molar-refractivity contribution in [1.29, 1.82) is 0 Å². The number of halogens is 3. The second-order valence-corrected chi connectivity index (χ2v) is 6.71. The van der Waals surface area contributed by atoms with Crippen LogP contribution in [0.3, 0.4) is 0 Å². The number of hydrogen-bond acceptors (Lipinski definition) is 2. The van der Waals surface area contributed by atoms with Gasteiger partial charge in [0.15, 0.2) is 0 Å². The Morgan fingerprint density at radius 3 is 2.17 bits per heavy atom. The first kappa shape index (κ1) is 18.3. The lowest BCUT2D eigenvalue weighted by Gasteiger charge is -2.21. The maximum absolute atomic E-state index is 13.3. The zero-order chi connectivity index (χ0) is 17.8. The number of rotatable bonds is 5. The van der Waals surface area contributed by atoms with Crippen LogP contribution in [0.25, 0.3) is 0 Å². The summed E-state index contributed by atoms with van der Waals surface area (Å²) in [5, 5.41) is 3.19. The molecular weight excluding hydrogens is 315 g/mol. The highest BCUT2D eigenvalue weighted by Gasteiger charge is 2.34. The molecule has 0 saturated heterocycles. The average molecular weight is 337 g/mol. The summed E-state index contributed by atoms with van der Waals surface area (Å²) in [6.45, 7) is 6.37. The summed E-state index contributed by atoms with van der Waals surface area (Å²) in [7, 11) is 0. The summed E-state index contributed by atoms with van der Waals surface area (Å²) in [4.78, 5) is 0. The molecular formula is C19H22F3NO. The molecule has 2 rings (SSSR count). The minimum Gasteiger partial charge on any atom is -0.488 e. The molecule has 0 unspecified atom stereocenters. The number of nitrogens with one attached hydrogen (secondary N) is 1. The Morgan fingerprint density at radius 1 is 0.917 bits per heavy atom. The van der Waals surface area contributed by atoms with Crippen molar-refractivity contribution in [2.75, 3.05) is 0 Å². The molecule has 0 bridgehead atoms. The van der Waals surface area contributed by atoms with Gasteiger partial charge in [0, 0.05) is 12.1 Å². The van der Waals surface area contributed by atoms with E-state index < -0.39 is 11.7 Å². The highest BCUT2D eigenvalue weighted by molar-refractivity contribution is 5.39. The third-order valence-corrected chi connectivity index (χ3v) is 3.41. The van der Waals surface area contributed by atoms with Gasteiger partial charge in [-0.25, -0.2) is 0 Å². The van der Waals surface area contributed by atoms with E-state index in [0.717, 1.165) is 11.6 Å². The van der Waals surface area contributed by atoms with Crippen LogP contribution in [0.2, 0.25) is 0 Å².